The molecule has 118 valence electrons. The molecule has 0 fully saturated rings. The molecule has 0 aromatic heterocycles. The number of benzene rings is 1. The number of hydrogen-bond acceptors (Lipinski definition) is 3. The van der Waals surface area contributed by atoms with Crippen molar-refractivity contribution in [2.75, 3.05) is 13.6 Å². The van der Waals surface area contributed by atoms with Crippen molar-refractivity contribution in [2.45, 2.75) is 39.0 Å². The van der Waals surface area contributed by atoms with E-state index in [1.165, 1.54) is 13.1 Å². The molecule has 1 aromatic carbocycles. The quantitative estimate of drug-likeness (QED) is 0.843. The normalized spacial score (nSPS) is 11.7. The van der Waals surface area contributed by atoms with E-state index in [0.29, 0.717) is 23.6 Å². The summed E-state index contributed by atoms with van der Waals surface area (Å²) in [7, 11) is -2.21. The van der Waals surface area contributed by atoms with Gasteiger partial charge in [0.15, 0.2) is 0 Å². The van der Waals surface area contributed by atoms with E-state index in [-0.39, 0.29) is 10.8 Å². The van der Waals surface area contributed by atoms with Crippen LogP contribution in [-0.2, 0) is 10.0 Å². The minimum Gasteiger partial charge on any atom is -0.352 e. The number of carbonyl (C=O) groups excluding carboxylic acids is 1. The zero-order valence-corrected chi connectivity index (χ0v) is 14.1. The maximum Gasteiger partial charge on any atom is 0.251 e. The molecule has 0 aliphatic rings. The van der Waals surface area contributed by atoms with Crippen LogP contribution in [-0.4, -0.2) is 27.9 Å². The Morgan fingerprint density at radius 3 is 2.38 bits per heavy atom. The highest BCUT2D eigenvalue weighted by Crippen LogP contribution is 2.21. The second-order valence-electron chi connectivity index (χ2n) is 5.56. The third-order valence-electron chi connectivity index (χ3n) is 3.45. The van der Waals surface area contributed by atoms with Gasteiger partial charge in [0.1, 0.15) is 0 Å². The van der Waals surface area contributed by atoms with E-state index in [1.54, 1.807) is 19.9 Å². The van der Waals surface area contributed by atoms with Gasteiger partial charge in [-0.15, -0.1) is 0 Å². The van der Waals surface area contributed by atoms with Crippen molar-refractivity contribution in [1.82, 2.24) is 10.0 Å². The molecule has 1 rings (SSSR count). The Hall–Kier alpha value is -1.40. The number of hydrogen-bond donors (Lipinski definition) is 2. The van der Waals surface area contributed by atoms with Crippen LogP contribution in [0.25, 0.3) is 0 Å². The Bertz CT molecular complexity index is 622. The number of aryl methyl sites for hydroxylation is 1. The van der Waals surface area contributed by atoms with Gasteiger partial charge in [-0.2, -0.15) is 0 Å². The van der Waals surface area contributed by atoms with Crippen LogP contribution in [0.2, 0.25) is 0 Å². The van der Waals surface area contributed by atoms with Crippen LogP contribution in [0.5, 0.6) is 0 Å². The predicted molar refractivity (Wildman–Crippen MR) is 83.9 cm³/mol. The zero-order valence-electron chi connectivity index (χ0n) is 13.3. The van der Waals surface area contributed by atoms with E-state index in [2.05, 4.69) is 23.9 Å². The van der Waals surface area contributed by atoms with Crippen molar-refractivity contribution in [3.63, 3.8) is 0 Å². The summed E-state index contributed by atoms with van der Waals surface area (Å²) in [5.41, 5.74) is 1.80. The number of amides is 1. The summed E-state index contributed by atoms with van der Waals surface area (Å²) in [5.74, 6) is 0.261. The molecule has 0 heterocycles. The van der Waals surface area contributed by atoms with Crippen LogP contribution in [0.3, 0.4) is 0 Å². The molecule has 0 saturated heterocycles. The maximum absolute atomic E-state index is 12.1. The number of sulfonamides is 1. The summed E-state index contributed by atoms with van der Waals surface area (Å²) in [4.78, 5) is 12.3. The van der Waals surface area contributed by atoms with Gasteiger partial charge in [0.05, 0.1) is 4.90 Å². The molecule has 2 N–H and O–H groups in total. The van der Waals surface area contributed by atoms with Crippen molar-refractivity contribution in [1.29, 1.82) is 0 Å². The van der Waals surface area contributed by atoms with E-state index in [1.807, 2.05) is 0 Å². The van der Waals surface area contributed by atoms with Crippen LogP contribution in [0, 0.1) is 19.8 Å². The van der Waals surface area contributed by atoms with Gasteiger partial charge in [-0.25, -0.2) is 13.1 Å². The standard InChI is InChI=1S/C15H24N2O3S/c1-10(2)6-7-17-15(18)13-8-11(3)12(4)14(9-13)21(19,20)16-5/h8-10,16H,6-7H2,1-5H3,(H,17,18). The lowest BCUT2D eigenvalue weighted by Crippen LogP contribution is -2.26. The molecular weight excluding hydrogens is 288 g/mol. The molecule has 1 aromatic rings. The topological polar surface area (TPSA) is 75.3 Å². The fraction of sp³-hybridized carbons (Fsp3) is 0.533. The molecule has 0 saturated carbocycles. The molecule has 6 heteroatoms. The highest BCUT2D eigenvalue weighted by atomic mass is 32.2. The molecule has 0 aliphatic carbocycles. The first-order valence-corrected chi connectivity index (χ1v) is 8.50. The van der Waals surface area contributed by atoms with Gasteiger partial charge in [-0.05, 0) is 56.5 Å². The van der Waals surface area contributed by atoms with Crippen LogP contribution < -0.4 is 10.0 Å². The number of nitrogens with one attached hydrogen (secondary N) is 2. The van der Waals surface area contributed by atoms with Crippen molar-refractivity contribution in [3.05, 3.63) is 28.8 Å². The van der Waals surface area contributed by atoms with Crippen molar-refractivity contribution >= 4 is 15.9 Å². The summed E-state index contributed by atoms with van der Waals surface area (Å²) in [5, 5.41) is 2.82. The fourth-order valence-electron chi connectivity index (χ4n) is 1.92. The Labute approximate surface area is 127 Å². The minimum atomic E-state index is -3.57. The lowest BCUT2D eigenvalue weighted by Gasteiger charge is -2.13. The van der Waals surface area contributed by atoms with Gasteiger partial charge < -0.3 is 5.32 Å². The van der Waals surface area contributed by atoms with E-state index in [0.717, 1.165) is 12.0 Å². The van der Waals surface area contributed by atoms with Gasteiger partial charge in [0, 0.05) is 12.1 Å². The molecule has 1 amide bonds. The SMILES string of the molecule is CNS(=O)(=O)c1cc(C(=O)NCCC(C)C)cc(C)c1C. The summed E-state index contributed by atoms with van der Waals surface area (Å²) in [6.07, 6.45) is 0.887. The van der Waals surface area contributed by atoms with Crippen LogP contribution in [0.4, 0.5) is 0 Å². The average Bonchev–Trinajstić information content (AvgIpc) is 2.40. The number of rotatable bonds is 6. The van der Waals surface area contributed by atoms with E-state index in [4.69, 9.17) is 0 Å². The largest absolute Gasteiger partial charge is 0.352 e. The van der Waals surface area contributed by atoms with Crippen LogP contribution in [0.15, 0.2) is 17.0 Å². The smallest absolute Gasteiger partial charge is 0.251 e. The van der Waals surface area contributed by atoms with Crippen molar-refractivity contribution in [2.24, 2.45) is 5.92 Å². The Balaban J connectivity index is 3.08. The van der Waals surface area contributed by atoms with E-state index >= 15 is 0 Å². The molecule has 0 unspecified atom stereocenters. The first-order chi connectivity index (χ1) is 9.69. The maximum atomic E-state index is 12.1. The predicted octanol–water partition coefficient (Wildman–Crippen LogP) is 1.99. The molecule has 0 aliphatic heterocycles. The van der Waals surface area contributed by atoms with E-state index in [9.17, 15) is 13.2 Å². The average molecular weight is 312 g/mol. The first-order valence-electron chi connectivity index (χ1n) is 7.02. The molecule has 21 heavy (non-hydrogen) atoms. The third kappa shape index (κ3) is 4.54. The number of carbonyl (C=O) groups is 1. The highest BCUT2D eigenvalue weighted by Gasteiger charge is 2.19. The Kier molecular flexibility index (Phi) is 5.92. The highest BCUT2D eigenvalue weighted by molar-refractivity contribution is 7.89. The first kappa shape index (κ1) is 17.7. The zero-order chi connectivity index (χ0) is 16.2. The molecular formula is C15H24N2O3S. The second kappa shape index (κ2) is 7.04. The Morgan fingerprint density at radius 1 is 1.24 bits per heavy atom. The molecule has 0 atom stereocenters. The summed E-state index contributed by atoms with van der Waals surface area (Å²) in [6.45, 7) is 8.28. The molecule has 0 spiro atoms. The van der Waals surface area contributed by atoms with Crippen molar-refractivity contribution < 1.29 is 13.2 Å². The second-order valence-corrected chi connectivity index (χ2v) is 7.42. The summed E-state index contributed by atoms with van der Waals surface area (Å²) < 4.78 is 26.3. The molecule has 0 bridgehead atoms. The van der Waals surface area contributed by atoms with Crippen LogP contribution >= 0.6 is 0 Å². The van der Waals surface area contributed by atoms with Gasteiger partial charge in [0.25, 0.3) is 5.91 Å². The van der Waals surface area contributed by atoms with Gasteiger partial charge >= 0.3 is 0 Å². The Morgan fingerprint density at radius 2 is 1.86 bits per heavy atom. The summed E-state index contributed by atoms with van der Waals surface area (Å²) >= 11 is 0. The van der Waals surface area contributed by atoms with E-state index < -0.39 is 10.0 Å². The monoisotopic (exact) mass is 312 g/mol. The van der Waals surface area contributed by atoms with Gasteiger partial charge in [0.2, 0.25) is 10.0 Å². The van der Waals surface area contributed by atoms with Crippen molar-refractivity contribution in [3.8, 4) is 0 Å². The summed E-state index contributed by atoms with van der Waals surface area (Å²) in [6, 6.07) is 3.15. The lowest BCUT2D eigenvalue weighted by atomic mass is 10.1. The fourth-order valence-corrected chi connectivity index (χ4v) is 2.99. The van der Waals surface area contributed by atoms with Crippen LogP contribution in [0.1, 0.15) is 41.8 Å². The van der Waals surface area contributed by atoms with Gasteiger partial charge in [-0.1, -0.05) is 13.8 Å². The van der Waals surface area contributed by atoms with Gasteiger partial charge in [-0.3, -0.25) is 4.79 Å². The third-order valence-corrected chi connectivity index (χ3v) is 4.99. The lowest BCUT2D eigenvalue weighted by molar-refractivity contribution is 0.0951. The minimum absolute atomic E-state index is 0.152. The molecule has 0 radical (unpaired) electrons. The molecule has 5 nitrogen and oxygen atoms in total.